The largest absolute Gasteiger partial charge is 0.313 e. The van der Waals surface area contributed by atoms with Crippen LogP contribution in [0.25, 0.3) is 90.1 Å². The molecule has 64 heavy (non-hydrogen) atoms. The highest BCUT2D eigenvalue weighted by atomic mass is 15.0. The predicted molar refractivity (Wildman–Crippen MR) is 272 cm³/mol. The van der Waals surface area contributed by atoms with Gasteiger partial charge >= 0.3 is 0 Å². The quantitative estimate of drug-likeness (QED) is 0.150. The molecule has 0 saturated carbocycles. The van der Waals surface area contributed by atoms with E-state index in [0.717, 1.165) is 72.7 Å². The summed E-state index contributed by atoms with van der Waals surface area (Å²) in [6.07, 6.45) is 16.5. The highest BCUT2D eigenvalue weighted by Crippen LogP contribution is 2.55. The van der Waals surface area contributed by atoms with Crippen LogP contribution in [0.3, 0.4) is 0 Å². The van der Waals surface area contributed by atoms with Gasteiger partial charge < -0.3 is 9.13 Å². The second-order valence-electron chi connectivity index (χ2n) is 17.8. The first-order valence-corrected chi connectivity index (χ1v) is 22.4. The van der Waals surface area contributed by atoms with E-state index in [9.17, 15) is 0 Å². The summed E-state index contributed by atoms with van der Waals surface area (Å²) in [5.74, 6) is 0.884. The second kappa shape index (κ2) is 15.4. The van der Waals surface area contributed by atoms with Crippen LogP contribution in [0.4, 0.5) is 0 Å². The summed E-state index contributed by atoms with van der Waals surface area (Å²) >= 11 is 0. The number of para-hydroxylation sites is 3. The molecule has 0 saturated heterocycles. The number of allylic oxidation sites excluding steroid dienone is 10. The monoisotopic (exact) mass is 826 g/mol. The maximum Gasteiger partial charge on any atom is 0.136 e. The molecule has 0 bridgehead atoms. The fourth-order valence-corrected chi connectivity index (χ4v) is 10.4. The molecule has 11 rings (SSSR count). The van der Waals surface area contributed by atoms with Crippen molar-refractivity contribution in [2.24, 2.45) is 0 Å². The molecule has 9 aromatic rings. The molecule has 1 atom stereocenters. The average Bonchev–Trinajstić information content (AvgIpc) is 3.91. The summed E-state index contributed by atoms with van der Waals surface area (Å²) in [6.45, 7) is 15.7. The van der Waals surface area contributed by atoms with E-state index in [1.807, 2.05) is 6.92 Å². The molecule has 3 aromatic heterocycles. The topological polar surface area (TPSA) is 35.6 Å². The molecule has 0 unspecified atom stereocenters. The summed E-state index contributed by atoms with van der Waals surface area (Å²) in [5.41, 5.74) is 16.4. The second-order valence-corrected chi connectivity index (χ2v) is 17.8. The lowest BCUT2D eigenvalue weighted by atomic mass is 9.78. The first-order chi connectivity index (χ1) is 31.2. The molecule has 2 aliphatic rings. The summed E-state index contributed by atoms with van der Waals surface area (Å²) < 4.78 is 4.78. The van der Waals surface area contributed by atoms with Crippen LogP contribution in [0.2, 0.25) is 0 Å². The van der Waals surface area contributed by atoms with Crippen molar-refractivity contribution in [2.45, 2.75) is 52.4 Å². The normalized spacial score (nSPS) is 16.6. The Morgan fingerprint density at radius 1 is 0.719 bits per heavy atom. The number of fused-ring (bicyclic) bond motifs is 8. The smallest absolute Gasteiger partial charge is 0.136 e. The van der Waals surface area contributed by atoms with Crippen LogP contribution in [0.5, 0.6) is 0 Å². The van der Waals surface area contributed by atoms with Crippen LogP contribution in [0.1, 0.15) is 69.5 Å². The molecule has 310 valence electrons. The van der Waals surface area contributed by atoms with Crippen molar-refractivity contribution in [3.63, 3.8) is 0 Å². The van der Waals surface area contributed by atoms with Crippen molar-refractivity contribution in [3.8, 4) is 16.9 Å². The van der Waals surface area contributed by atoms with Gasteiger partial charge in [-0.2, -0.15) is 0 Å². The van der Waals surface area contributed by atoms with Gasteiger partial charge in [-0.1, -0.05) is 154 Å². The van der Waals surface area contributed by atoms with Gasteiger partial charge in [0.05, 0.1) is 38.8 Å². The maximum absolute atomic E-state index is 5.48. The zero-order chi connectivity index (χ0) is 43.7. The fraction of sp³-hybridized carbons (Fsp3) is 0.133. The zero-order valence-corrected chi connectivity index (χ0v) is 37.1. The highest BCUT2D eigenvalue weighted by Gasteiger charge is 2.42. The molecule has 4 heteroatoms. The molecular formula is C60H50N4. The Bertz CT molecular complexity index is 3600. The van der Waals surface area contributed by atoms with Crippen LogP contribution in [0, 0.1) is 0 Å². The molecule has 3 heterocycles. The number of rotatable bonds is 7. The van der Waals surface area contributed by atoms with Crippen molar-refractivity contribution in [3.05, 3.63) is 215 Å². The summed E-state index contributed by atoms with van der Waals surface area (Å²) in [7, 11) is 0. The lowest BCUT2D eigenvalue weighted by Gasteiger charge is -2.26. The number of hydrogen-bond acceptors (Lipinski definition) is 2. The van der Waals surface area contributed by atoms with E-state index >= 15 is 0 Å². The molecule has 0 amide bonds. The Labute approximate surface area is 374 Å². The first kappa shape index (κ1) is 39.3. The van der Waals surface area contributed by atoms with Gasteiger partial charge in [-0.05, 0) is 104 Å². The molecule has 0 spiro atoms. The highest BCUT2D eigenvalue weighted by molar-refractivity contribution is 6.10. The van der Waals surface area contributed by atoms with Crippen molar-refractivity contribution >= 4 is 73.1 Å². The summed E-state index contributed by atoms with van der Waals surface area (Å²) in [4.78, 5) is 10.8. The number of benzene rings is 6. The molecule has 2 aliphatic carbocycles. The number of hydrogen-bond donors (Lipinski definition) is 0. The summed E-state index contributed by atoms with van der Waals surface area (Å²) in [6, 6.07) is 50.2. The van der Waals surface area contributed by atoms with E-state index < -0.39 is 0 Å². The third-order valence-electron chi connectivity index (χ3n) is 13.7. The number of aromatic nitrogens is 4. The molecule has 0 fully saturated rings. The first-order valence-electron chi connectivity index (χ1n) is 22.4. The van der Waals surface area contributed by atoms with Gasteiger partial charge in [0.15, 0.2) is 0 Å². The Balaban J connectivity index is 1.00. The van der Waals surface area contributed by atoms with Gasteiger partial charge in [-0.3, -0.25) is 0 Å². The molecule has 0 radical (unpaired) electrons. The Kier molecular flexibility index (Phi) is 9.43. The van der Waals surface area contributed by atoms with E-state index in [1.165, 1.54) is 49.8 Å². The lowest BCUT2D eigenvalue weighted by Crippen LogP contribution is -2.27. The zero-order valence-electron chi connectivity index (χ0n) is 37.1. The van der Waals surface area contributed by atoms with Gasteiger partial charge in [0.1, 0.15) is 5.82 Å². The van der Waals surface area contributed by atoms with Gasteiger partial charge in [-0.25, -0.2) is 9.97 Å². The number of nitrogens with zero attached hydrogens (tertiary/aromatic N) is 4. The minimum Gasteiger partial charge on any atom is -0.313 e. The molecule has 0 aliphatic heterocycles. The Morgan fingerprint density at radius 3 is 2.14 bits per heavy atom. The Morgan fingerprint density at radius 2 is 1.41 bits per heavy atom. The van der Waals surface area contributed by atoms with Gasteiger partial charge in [-0.15, -0.1) is 0 Å². The summed E-state index contributed by atoms with van der Waals surface area (Å²) in [5, 5.41) is 6.85. The molecule has 4 nitrogen and oxygen atoms in total. The van der Waals surface area contributed by atoms with Crippen LogP contribution >= 0.6 is 0 Å². The van der Waals surface area contributed by atoms with E-state index in [-0.39, 0.29) is 11.3 Å². The molecule has 0 N–H and O–H groups in total. The minimum absolute atomic E-state index is 0.0284. The van der Waals surface area contributed by atoms with E-state index in [4.69, 9.17) is 9.97 Å². The minimum atomic E-state index is -0.200. The van der Waals surface area contributed by atoms with Crippen LogP contribution in [0.15, 0.2) is 182 Å². The van der Waals surface area contributed by atoms with Crippen LogP contribution in [-0.2, 0) is 5.41 Å². The van der Waals surface area contributed by atoms with Crippen LogP contribution in [-0.4, -0.2) is 19.1 Å². The van der Waals surface area contributed by atoms with E-state index in [0.29, 0.717) is 0 Å². The molecule has 6 aromatic carbocycles. The van der Waals surface area contributed by atoms with Gasteiger partial charge in [0.25, 0.3) is 0 Å². The third-order valence-corrected chi connectivity index (χ3v) is 13.7. The Hall–Kier alpha value is -7.56. The lowest BCUT2D eigenvalue weighted by molar-refractivity contribution is 0.644. The van der Waals surface area contributed by atoms with Crippen molar-refractivity contribution < 1.29 is 0 Å². The fourth-order valence-electron chi connectivity index (χ4n) is 10.4. The average molecular weight is 827 g/mol. The van der Waals surface area contributed by atoms with Crippen molar-refractivity contribution in [2.75, 3.05) is 0 Å². The van der Waals surface area contributed by atoms with Gasteiger partial charge in [0, 0.05) is 54.9 Å². The van der Waals surface area contributed by atoms with E-state index in [2.05, 4.69) is 225 Å². The molecular weight excluding hydrogens is 777 g/mol. The van der Waals surface area contributed by atoms with E-state index in [1.54, 1.807) is 0 Å². The third kappa shape index (κ3) is 6.19. The van der Waals surface area contributed by atoms with Gasteiger partial charge in [0.2, 0.25) is 0 Å². The van der Waals surface area contributed by atoms with Crippen LogP contribution < -0.4 is 10.6 Å². The van der Waals surface area contributed by atoms with Crippen molar-refractivity contribution in [1.82, 2.24) is 19.1 Å². The van der Waals surface area contributed by atoms with Crippen molar-refractivity contribution in [1.29, 1.82) is 0 Å². The SMILES string of the molecule is C=c1/c(=C\C=C(/C)c2ccc3nc([C@@H]4C=C5C(=CC4)c4c(-n6c7ccccc7c7ccccc76)cccc4C5(C)C)nc(-c4ccccc4)c3c2)n(/C(C)=C/C=C\C)c2ccccc12. The predicted octanol–water partition coefficient (Wildman–Crippen LogP) is 13.9. The standard InChI is InChI=1S/C60H50N4/c1-7-8-19-39(3)63-52(40(4)44-22-12-15-26-53(44)63)35-30-38(2)42-32-34-51-48(36-42)58(41-20-10-9-11-21-41)62-59(61-51)43-31-33-47-50(37-43)60(5,6)49-25-18-29-56(57(47)49)64-54-27-16-13-23-45(54)46-24-14-17-28-55(46)64/h7-30,32-37,43H,4,31H2,1-3,5-6H3/b8-7-,38-30+,39-19+,52-35+/t43-/m0/s1. The maximum atomic E-state index is 5.48.